The highest BCUT2D eigenvalue weighted by Gasteiger charge is 2.47. The summed E-state index contributed by atoms with van der Waals surface area (Å²) in [4.78, 5) is 51.4. The second kappa shape index (κ2) is 17.3. The highest BCUT2D eigenvalue weighted by atomic mass is 16.6. The molecule has 4 rings (SSSR count). The number of nitrogens with zero attached hydrogens (tertiary/aromatic N) is 2. The summed E-state index contributed by atoms with van der Waals surface area (Å²) in [6.45, 7) is 14.2. The first-order chi connectivity index (χ1) is 23.4. The highest BCUT2D eigenvalue weighted by molar-refractivity contribution is 5.89. The molecule has 4 aliphatic heterocycles. The summed E-state index contributed by atoms with van der Waals surface area (Å²) < 4.78 is 39.9. The summed E-state index contributed by atoms with van der Waals surface area (Å²) in [5, 5.41) is 0. The Bertz CT molecular complexity index is 1400. The number of allylic oxidation sites excluding steroid dienone is 3. The van der Waals surface area contributed by atoms with E-state index in [9.17, 15) is 19.2 Å². The minimum absolute atomic E-state index is 0.0239. The Balaban J connectivity index is 1.25. The molecule has 4 heterocycles. The summed E-state index contributed by atoms with van der Waals surface area (Å²) in [5.74, 6) is -1.50. The van der Waals surface area contributed by atoms with Gasteiger partial charge in [-0.2, -0.15) is 0 Å². The van der Waals surface area contributed by atoms with Gasteiger partial charge in [0.2, 0.25) is 0 Å². The number of carbonyl (C=O) groups is 4. The van der Waals surface area contributed by atoms with Crippen LogP contribution in [0.15, 0.2) is 72.6 Å². The van der Waals surface area contributed by atoms with E-state index in [1.54, 1.807) is 29.5 Å². The standard InChI is InChI=1S/C36H48N2O11/c1-8-30-22(2)33(47-27(7)41)35(48-30)38-16-11-13-28(19-38)24(4)43-17-9-10-18-44-36(42)29-14-12-15-37(20-29)34-23(3)32(46-26(6)40)31(49-34)21-45-25(5)39/h9-12,15-16,19-20,22-23,30-35H,4,8,13-14,17-18,21H2,1-3,5-7H3/b10-9+/t22-,23-,30-,31-,32+,33-,34-,35-/m1/s1. The van der Waals surface area contributed by atoms with E-state index in [-0.39, 0.29) is 43.7 Å². The third-order valence-electron chi connectivity index (χ3n) is 8.69. The molecule has 0 aromatic heterocycles. The minimum atomic E-state index is -0.654. The topological polar surface area (TPSA) is 139 Å². The number of rotatable bonds is 14. The first-order valence-corrected chi connectivity index (χ1v) is 16.6. The van der Waals surface area contributed by atoms with Crippen molar-refractivity contribution >= 4 is 23.9 Å². The van der Waals surface area contributed by atoms with E-state index in [1.165, 1.54) is 20.8 Å². The largest absolute Gasteiger partial charge is 0.490 e. The fraction of sp³-hybridized carbons (Fsp3) is 0.556. The van der Waals surface area contributed by atoms with Gasteiger partial charge in [-0.25, -0.2) is 4.79 Å². The Kier molecular flexibility index (Phi) is 13.3. The average Bonchev–Trinajstić information content (AvgIpc) is 3.55. The lowest BCUT2D eigenvalue weighted by molar-refractivity contribution is -0.156. The maximum Gasteiger partial charge on any atom is 0.336 e. The summed E-state index contributed by atoms with van der Waals surface area (Å²) in [6, 6.07) is 0. The minimum Gasteiger partial charge on any atom is -0.490 e. The molecule has 0 N–H and O–H groups in total. The third-order valence-corrected chi connectivity index (χ3v) is 8.69. The molecule has 268 valence electrons. The molecular formula is C36H48N2O11. The van der Waals surface area contributed by atoms with Crippen LogP contribution in [0.5, 0.6) is 0 Å². The Morgan fingerprint density at radius 2 is 1.35 bits per heavy atom. The van der Waals surface area contributed by atoms with Crippen molar-refractivity contribution in [3.8, 4) is 0 Å². The normalized spacial score (nSPS) is 29.3. The van der Waals surface area contributed by atoms with E-state index in [0.29, 0.717) is 24.2 Å². The summed E-state index contributed by atoms with van der Waals surface area (Å²) >= 11 is 0. The molecule has 0 unspecified atom stereocenters. The number of hydrogen-bond donors (Lipinski definition) is 0. The average molecular weight is 685 g/mol. The van der Waals surface area contributed by atoms with Crippen molar-refractivity contribution in [2.45, 2.75) is 97.7 Å². The molecule has 0 spiro atoms. The molecule has 0 saturated carbocycles. The highest BCUT2D eigenvalue weighted by Crippen LogP contribution is 2.36. The Morgan fingerprint density at radius 3 is 1.98 bits per heavy atom. The molecule has 0 amide bonds. The molecule has 2 fully saturated rings. The van der Waals surface area contributed by atoms with Crippen molar-refractivity contribution in [2.24, 2.45) is 11.8 Å². The van der Waals surface area contributed by atoms with Gasteiger partial charge in [-0.3, -0.25) is 14.4 Å². The second-order valence-corrected chi connectivity index (χ2v) is 12.4. The lowest BCUT2D eigenvalue weighted by atomic mass is 9.98. The molecule has 13 nitrogen and oxygen atoms in total. The van der Waals surface area contributed by atoms with Crippen molar-refractivity contribution in [3.63, 3.8) is 0 Å². The number of carbonyl (C=O) groups excluding carboxylic acids is 4. The van der Waals surface area contributed by atoms with Crippen molar-refractivity contribution in [3.05, 3.63) is 72.6 Å². The summed E-state index contributed by atoms with van der Waals surface area (Å²) in [7, 11) is 0. The van der Waals surface area contributed by atoms with Gasteiger partial charge in [0.05, 0.1) is 11.7 Å². The van der Waals surface area contributed by atoms with Gasteiger partial charge in [0.1, 0.15) is 44.0 Å². The summed E-state index contributed by atoms with van der Waals surface area (Å²) in [5.41, 5.74) is 1.28. The summed E-state index contributed by atoms with van der Waals surface area (Å²) in [6.07, 6.45) is 13.6. The van der Waals surface area contributed by atoms with Crippen LogP contribution in [0.1, 0.15) is 60.8 Å². The van der Waals surface area contributed by atoms with Gasteiger partial charge in [-0.15, -0.1) is 0 Å². The quantitative estimate of drug-likeness (QED) is 0.111. The number of ether oxygens (including phenoxy) is 7. The number of esters is 4. The zero-order valence-corrected chi connectivity index (χ0v) is 29.1. The zero-order valence-electron chi connectivity index (χ0n) is 29.1. The smallest absolute Gasteiger partial charge is 0.336 e. The molecule has 0 aliphatic carbocycles. The molecule has 0 aromatic carbocycles. The first-order valence-electron chi connectivity index (χ1n) is 16.6. The van der Waals surface area contributed by atoms with E-state index >= 15 is 0 Å². The lowest BCUT2D eigenvalue weighted by Gasteiger charge is -2.31. The van der Waals surface area contributed by atoms with Crippen LogP contribution >= 0.6 is 0 Å². The molecular weight excluding hydrogens is 636 g/mol. The van der Waals surface area contributed by atoms with Crippen molar-refractivity contribution in [1.82, 2.24) is 9.80 Å². The number of hydrogen-bond acceptors (Lipinski definition) is 13. The van der Waals surface area contributed by atoms with Gasteiger partial charge >= 0.3 is 23.9 Å². The maximum absolute atomic E-state index is 12.9. The molecule has 0 aromatic rings. The predicted octanol–water partition coefficient (Wildman–Crippen LogP) is 4.38. The molecule has 49 heavy (non-hydrogen) atoms. The fourth-order valence-electron chi connectivity index (χ4n) is 6.23. The monoisotopic (exact) mass is 684 g/mol. The SMILES string of the molecule is C=C(OC/C=C/COC(=O)C1=CN([C@@H]2O[C@H](COC(C)=O)[C@@H](OC(C)=O)[C@H]2C)C=CC1)C1=CN([C@@H]2O[C@H](CC)[C@@H](C)[C@H]2OC(C)=O)C=CC1. The zero-order chi connectivity index (χ0) is 35.7. The Morgan fingerprint density at radius 1 is 0.776 bits per heavy atom. The fourth-order valence-corrected chi connectivity index (χ4v) is 6.23. The molecule has 0 bridgehead atoms. The molecule has 8 atom stereocenters. The van der Waals surface area contributed by atoms with Gasteiger partial charge in [0, 0.05) is 69.4 Å². The van der Waals surface area contributed by atoms with Gasteiger partial charge in [-0.05, 0) is 25.0 Å². The van der Waals surface area contributed by atoms with Crippen LogP contribution in [0.3, 0.4) is 0 Å². The van der Waals surface area contributed by atoms with E-state index in [2.05, 4.69) is 6.58 Å². The van der Waals surface area contributed by atoms with Crippen LogP contribution in [0.25, 0.3) is 0 Å². The van der Waals surface area contributed by atoms with Crippen LogP contribution in [-0.2, 0) is 52.3 Å². The first kappa shape index (κ1) is 37.5. The van der Waals surface area contributed by atoms with Crippen LogP contribution < -0.4 is 0 Å². The van der Waals surface area contributed by atoms with E-state index in [1.807, 2.05) is 50.2 Å². The van der Waals surface area contributed by atoms with Crippen LogP contribution in [0.4, 0.5) is 0 Å². The van der Waals surface area contributed by atoms with Crippen LogP contribution in [-0.4, -0.2) is 90.4 Å². The molecule has 13 heteroatoms. The molecule has 4 aliphatic rings. The van der Waals surface area contributed by atoms with Gasteiger partial charge in [0.15, 0.2) is 12.3 Å². The maximum atomic E-state index is 12.9. The Hall–Kier alpha value is -4.36. The third kappa shape index (κ3) is 9.85. The lowest BCUT2D eigenvalue weighted by Crippen LogP contribution is -2.40. The van der Waals surface area contributed by atoms with Crippen LogP contribution in [0.2, 0.25) is 0 Å². The van der Waals surface area contributed by atoms with Gasteiger partial charge in [0.25, 0.3) is 0 Å². The second-order valence-electron chi connectivity index (χ2n) is 12.4. The van der Waals surface area contributed by atoms with E-state index < -0.39 is 48.7 Å². The predicted molar refractivity (Wildman–Crippen MR) is 176 cm³/mol. The van der Waals surface area contributed by atoms with Crippen molar-refractivity contribution in [1.29, 1.82) is 0 Å². The van der Waals surface area contributed by atoms with Crippen LogP contribution in [0, 0.1) is 11.8 Å². The van der Waals surface area contributed by atoms with Gasteiger partial charge in [-0.1, -0.05) is 39.5 Å². The molecule has 0 radical (unpaired) electrons. The van der Waals surface area contributed by atoms with E-state index in [4.69, 9.17) is 33.2 Å². The molecule has 2 saturated heterocycles. The van der Waals surface area contributed by atoms with E-state index in [0.717, 1.165) is 12.0 Å². The van der Waals surface area contributed by atoms with Gasteiger partial charge < -0.3 is 43.0 Å². The van der Waals surface area contributed by atoms with Crippen molar-refractivity contribution in [2.75, 3.05) is 19.8 Å². The Labute approximate surface area is 287 Å². The van der Waals surface area contributed by atoms with Crippen molar-refractivity contribution < 1.29 is 52.3 Å².